The van der Waals surface area contributed by atoms with Gasteiger partial charge in [0.2, 0.25) is 5.91 Å². The van der Waals surface area contributed by atoms with Gasteiger partial charge in [-0.3, -0.25) is 18.8 Å². The lowest BCUT2D eigenvalue weighted by Crippen LogP contribution is -2.44. The van der Waals surface area contributed by atoms with Crippen LogP contribution in [0.2, 0.25) is 0 Å². The number of rotatable bonds is 5. The molecule has 1 amide bonds. The molecule has 0 spiro atoms. The van der Waals surface area contributed by atoms with Crippen molar-refractivity contribution in [2.24, 2.45) is 5.73 Å². The summed E-state index contributed by atoms with van der Waals surface area (Å²) in [5, 5.41) is 52.3. The molecule has 8 N–H and O–H groups in total. The molecule has 0 radical (unpaired) electrons. The van der Waals surface area contributed by atoms with E-state index in [1.165, 1.54) is 30.5 Å². The summed E-state index contributed by atoms with van der Waals surface area (Å²) >= 11 is 0. The topological polar surface area (TPSA) is 296 Å². The number of hydrogen-bond acceptors (Lipinski definition) is 15. The Hall–Kier alpha value is -7.37. The summed E-state index contributed by atoms with van der Waals surface area (Å²) in [6.45, 7) is 9.39. The number of fused-ring (bicyclic) bond motifs is 10. The van der Waals surface area contributed by atoms with Gasteiger partial charge < -0.3 is 55.2 Å². The van der Waals surface area contributed by atoms with Crippen LogP contribution in [0.3, 0.4) is 0 Å². The molecule has 6 atom stereocenters. The van der Waals surface area contributed by atoms with E-state index in [4.69, 9.17) is 36.8 Å². The molecule has 19 nitrogen and oxygen atoms in total. The molecule has 0 unspecified atom stereocenters. The lowest BCUT2D eigenvalue weighted by Gasteiger charge is -2.31. The number of nitrogens with two attached hydrogens (primary N) is 1. The number of aliphatic hydroxyl groups excluding tert-OH is 2. The first kappa shape index (κ1) is 53.0. The Balaban J connectivity index is 0.000000166. The number of aliphatic hydroxyl groups is 4. The molecule has 0 bridgehead atoms. The molecule has 2 aliphatic carbocycles. The number of aromatic nitrogens is 4. The Bertz CT molecular complexity index is 3710. The van der Waals surface area contributed by atoms with Crippen molar-refractivity contribution in [3.05, 3.63) is 123 Å². The number of esters is 2. The predicted molar refractivity (Wildman–Crippen MR) is 271 cm³/mol. The van der Waals surface area contributed by atoms with E-state index in [9.17, 15) is 57.3 Å². The van der Waals surface area contributed by atoms with Crippen molar-refractivity contribution in [1.29, 1.82) is 0 Å². The van der Waals surface area contributed by atoms with Gasteiger partial charge in [0, 0.05) is 51.2 Å². The van der Waals surface area contributed by atoms with Crippen molar-refractivity contribution in [3.8, 4) is 22.8 Å². The molecule has 4 aliphatic heterocycles. The number of aliphatic carboxylic acids is 1. The molecule has 22 heteroatoms. The molecule has 0 fully saturated rings. The van der Waals surface area contributed by atoms with E-state index in [2.05, 4.69) is 5.32 Å². The third kappa shape index (κ3) is 8.38. The third-order valence-corrected chi connectivity index (χ3v) is 15.9. The molecule has 0 saturated carbocycles. The minimum Gasteiger partial charge on any atom is -0.479 e. The highest BCUT2D eigenvalue weighted by Gasteiger charge is 2.48. The van der Waals surface area contributed by atoms with Crippen molar-refractivity contribution in [2.45, 2.75) is 142 Å². The zero-order valence-corrected chi connectivity index (χ0v) is 42.9. The minimum absolute atomic E-state index is 0.0201. The van der Waals surface area contributed by atoms with Gasteiger partial charge in [0.05, 0.1) is 72.6 Å². The van der Waals surface area contributed by atoms with E-state index >= 15 is 0 Å². The highest BCUT2D eigenvalue weighted by atomic mass is 19.1. The third-order valence-electron chi connectivity index (χ3n) is 15.9. The van der Waals surface area contributed by atoms with Crippen molar-refractivity contribution in [2.75, 3.05) is 7.15 Å². The quantitative estimate of drug-likeness (QED) is 0.117. The second kappa shape index (κ2) is 19.9. The van der Waals surface area contributed by atoms with Crippen LogP contribution in [0.5, 0.6) is 0 Å². The summed E-state index contributed by atoms with van der Waals surface area (Å²) in [7, 11) is -1.00. The average Bonchev–Trinajstić information content (AvgIpc) is 4.08. The molecule has 8 heterocycles. The monoisotopic (exact) mass is 1070 g/mol. The van der Waals surface area contributed by atoms with Gasteiger partial charge in [-0.05, 0) is 112 Å². The Morgan fingerprint density at radius 2 is 1.17 bits per heavy atom. The molecule has 77 heavy (non-hydrogen) atoms. The van der Waals surface area contributed by atoms with Crippen LogP contribution >= 0.6 is 0 Å². The van der Waals surface area contributed by atoms with Gasteiger partial charge in [-0.25, -0.2) is 33.1 Å². The number of amides is 1. The summed E-state index contributed by atoms with van der Waals surface area (Å²) in [6, 6.07) is 5.33. The summed E-state index contributed by atoms with van der Waals surface area (Å²) in [6.07, 6.45) is 0.0171. The first-order valence-corrected chi connectivity index (χ1v) is 25.0. The number of carboxylic acids is 1. The second-order valence-electron chi connectivity index (χ2n) is 20.1. The number of pyridine rings is 4. The number of alkyl halides is 1. The minimum atomic E-state index is -1.96. The summed E-state index contributed by atoms with van der Waals surface area (Å²) in [5.74, 6) is -4.00. The molecular weight excluding hydrogens is 1010 g/mol. The Morgan fingerprint density at radius 1 is 0.753 bits per heavy atom. The van der Waals surface area contributed by atoms with Crippen LogP contribution in [0.25, 0.3) is 44.6 Å². The lowest BCUT2D eigenvalue weighted by atomic mass is 9.81. The van der Waals surface area contributed by atoms with E-state index in [-0.39, 0.29) is 78.8 Å². The summed E-state index contributed by atoms with van der Waals surface area (Å²) < 4.78 is 58.4. The standard InChI is InChI=1S/C27H26FN3O6.C24H22FN3O4.C3H6O3.CH3F/c1-4-27(36)16-7-20-23-14(9-31(20)25(34)15(16)10-37-26(27)35)22-18(30-24(33)12(3)32)6-5-13-11(2)17(28)8-19(29-23)21(13)22;1-3-24(31)14-6-18-21-12(8-28(18)22(29)13(14)9-32-23(24)30)19-16(26)5-4-11-10(2)15(25)7-17(27-21)20(11)19;1-2(4)3(5)6;1-2/h7-8,12,18,32,36H,4-6,9-10H2,1-3H3,(H,30,33);6-7,16,31H,3-5,8-9,26H2,1-2H3;2,4H,1H3,(H,5,6);1H3/t12-,18+,27+;16-,24-;2-;/m101./s1/i;;;1D. The Morgan fingerprint density at radius 3 is 1.58 bits per heavy atom. The molecule has 0 saturated heterocycles. The Labute approximate surface area is 438 Å². The van der Waals surface area contributed by atoms with Crippen LogP contribution < -0.4 is 22.2 Å². The van der Waals surface area contributed by atoms with E-state index in [1.54, 1.807) is 44.4 Å². The normalized spacial score (nSPS) is 21.6. The highest BCUT2D eigenvalue weighted by molar-refractivity contribution is 5.95. The smallest absolute Gasteiger partial charge is 0.343 e. The van der Waals surface area contributed by atoms with Gasteiger partial charge in [-0.2, -0.15) is 0 Å². The fourth-order valence-corrected chi connectivity index (χ4v) is 11.6. The SMILES string of the molecule is CC[C@@]1(O)C(=O)OCc2c1cc1n(c2=O)Cc2c-1nc1cc(F)c(C)c3c1c2[C@@H](N)CC3.CC[C@@]1(O)C(=O)OCc2c1cc1n(c2=O)Cc2c-1nc1cc(F)c(C)c3c1c2[C@@H](NC(=O)[C@@H](C)O)CC3.C[C@@H](O)C(=O)O.[2H]CF. The number of nitrogens with zero attached hydrogens (tertiary/aromatic N) is 4. The molecule has 4 aromatic heterocycles. The zero-order chi connectivity index (χ0) is 56.8. The summed E-state index contributed by atoms with van der Waals surface area (Å²) in [5.41, 5.74) is 11.8. The number of carbonyl (C=O) groups is 4. The van der Waals surface area contributed by atoms with E-state index in [1.807, 2.05) is 0 Å². The Kier molecular flexibility index (Phi) is 13.7. The summed E-state index contributed by atoms with van der Waals surface area (Å²) in [4.78, 5) is 83.2. The lowest BCUT2D eigenvalue weighted by molar-refractivity contribution is -0.172. The zero-order valence-electron chi connectivity index (χ0n) is 43.9. The predicted octanol–water partition coefficient (Wildman–Crippen LogP) is 4.52. The molecule has 406 valence electrons. The van der Waals surface area contributed by atoms with Crippen molar-refractivity contribution in [1.82, 2.24) is 24.4 Å². The fourth-order valence-electron chi connectivity index (χ4n) is 11.6. The van der Waals surface area contributed by atoms with Gasteiger partial charge in [0.25, 0.3) is 11.1 Å². The number of carboxylic acid groups (broad SMARTS) is 1. The molecule has 6 aliphatic rings. The van der Waals surface area contributed by atoms with E-state index < -0.39 is 71.8 Å². The highest BCUT2D eigenvalue weighted by Crippen LogP contribution is 2.48. The van der Waals surface area contributed by atoms with Gasteiger partial charge in [-0.15, -0.1) is 0 Å². The number of ether oxygens (including phenoxy) is 2. The van der Waals surface area contributed by atoms with Crippen LogP contribution in [0.15, 0.2) is 33.9 Å². The number of cyclic esters (lactones) is 2. The van der Waals surface area contributed by atoms with Gasteiger partial charge in [0.1, 0.15) is 37.1 Å². The maximum Gasteiger partial charge on any atom is 0.343 e. The number of aryl methyl sites for hydroxylation is 2. The molecule has 2 aromatic carbocycles. The first-order valence-electron chi connectivity index (χ1n) is 25.7. The van der Waals surface area contributed by atoms with Crippen LogP contribution in [0, 0.1) is 25.5 Å². The van der Waals surface area contributed by atoms with Crippen LogP contribution in [-0.4, -0.2) is 87.8 Å². The largest absolute Gasteiger partial charge is 0.479 e. The van der Waals surface area contributed by atoms with Crippen LogP contribution in [-0.2, 0) is 79.0 Å². The number of hydrogen-bond donors (Lipinski definition) is 7. The van der Waals surface area contributed by atoms with Gasteiger partial charge >= 0.3 is 17.9 Å². The number of carbonyl (C=O) groups excluding carboxylic acids is 3. The van der Waals surface area contributed by atoms with Gasteiger partial charge in [-0.1, -0.05) is 13.8 Å². The maximum absolute atomic E-state index is 14.9. The van der Waals surface area contributed by atoms with Crippen molar-refractivity contribution in [3.63, 3.8) is 0 Å². The fraction of sp³-hybridized carbons (Fsp3) is 0.418. The van der Waals surface area contributed by atoms with Crippen molar-refractivity contribution < 1.29 is 68.7 Å². The van der Waals surface area contributed by atoms with Crippen LogP contribution in [0.4, 0.5) is 13.2 Å². The molecule has 12 rings (SSSR count). The average molecular weight is 1070 g/mol. The van der Waals surface area contributed by atoms with E-state index in [0.29, 0.717) is 76.2 Å². The number of halogens is 3. The first-order chi connectivity index (χ1) is 36.9. The van der Waals surface area contributed by atoms with Gasteiger partial charge in [0.15, 0.2) is 11.2 Å². The molecular formula is C55H57F3N6O13. The van der Waals surface area contributed by atoms with E-state index in [0.717, 1.165) is 38.6 Å². The number of benzene rings is 2. The maximum atomic E-state index is 14.9. The van der Waals surface area contributed by atoms with Crippen LogP contribution in [0.1, 0.15) is 134 Å². The number of nitrogens with one attached hydrogen (secondary N) is 1. The molecule has 6 aromatic rings. The van der Waals surface area contributed by atoms with Crippen molar-refractivity contribution >= 4 is 45.6 Å². The second-order valence-corrected chi connectivity index (χ2v) is 20.1.